The molecule has 5 rings (SSSR count). The minimum absolute atomic E-state index is 0.123. The molecule has 2 saturated heterocycles. The number of piperazine rings is 1. The summed E-state index contributed by atoms with van der Waals surface area (Å²) in [5, 5.41) is 13.6. The van der Waals surface area contributed by atoms with Crippen molar-refractivity contribution in [1.29, 1.82) is 0 Å². The zero-order chi connectivity index (χ0) is 27.2. The summed E-state index contributed by atoms with van der Waals surface area (Å²) >= 11 is 1.47. The number of hydrogen-bond donors (Lipinski definition) is 1. The molecule has 3 aromatic rings. The smallest absolute Gasteiger partial charge is 0.300 e. The number of nitrogens with zero attached hydrogens (tertiary/aromatic N) is 3. The standard InChI is InChI=1S/C31H35N3O3S/c1-20-8-9-21(31(2,3)4)19-24(20)28(35)26-27(25-7-6-18-38-25)34(30(37)29(26)36)23-12-10-22(11-13-23)33-16-14-32(5)15-17-33/h6-13,18-19,27,35H,14-17H2,1-5H3/b28-26+. The van der Waals surface area contributed by atoms with Crippen molar-refractivity contribution in [3.8, 4) is 0 Å². The molecule has 6 nitrogen and oxygen atoms in total. The number of ketones is 1. The largest absolute Gasteiger partial charge is 0.507 e. The van der Waals surface area contributed by atoms with Crippen LogP contribution in [0.15, 0.2) is 65.6 Å². The van der Waals surface area contributed by atoms with Gasteiger partial charge >= 0.3 is 0 Å². The Morgan fingerprint density at radius 2 is 1.61 bits per heavy atom. The third kappa shape index (κ3) is 4.76. The van der Waals surface area contributed by atoms with Crippen molar-refractivity contribution < 1.29 is 14.7 Å². The van der Waals surface area contributed by atoms with Crippen LogP contribution in [-0.2, 0) is 15.0 Å². The molecule has 0 bridgehead atoms. The van der Waals surface area contributed by atoms with Gasteiger partial charge < -0.3 is 14.9 Å². The number of likely N-dealkylation sites (N-methyl/N-ethyl adjacent to an activating group) is 1. The molecule has 2 aliphatic heterocycles. The lowest BCUT2D eigenvalue weighted by atomic mass is 9.84. The molecule has 1 amide bonds. The van der Waals surface area contributed by atoms with Crippen LogP contribution in [0.25, 0.3) is 5.76 Å². The summed E-state index contributed by atoms with van der Waals surface area (Å²) < 4.78 is 0. The molecule has 2 aliphatic rings. The summed E-state index contributed by atoms with van der Waals surface area (Å²) in [5.74, 6) is -1.41. The van der Waals surface area contributed by atoms with E-state index < -0.39 is 17.7 Å². The van der Waals surface area contributed by atoms with Gasteiger partial charge in [-0.1, -0.05) is 39.0 Å². The SMILES string of the molecule is Cc1ccc(C(C)(C)C)cc1/C(O)=C1\C(=O)C(=O)N(c2ccc(N3CCN(C)CC3)cc2)C1c1cccs1. The summed E-state index contributed by atoms with van der Waals surface area (Å²) in [6.07, 6.45) is 0. The molecule has 2 fully saturated rings. The Labute approximate surface area is 228 Å². The van der Waals surface area contributed by atoms with Gasteiger partial charge in [0.05, 0.1) is 5.57 Å². The average Bonchev–Trinajstić information content (AvgIpc) is 3.51. The summed E-state index contributed by atoms with van der Waals surface area (Å²) in [7, 11) is 2.13. The van der Waals surface area contributed by atoms with Gasteiger partial charge in [-0.25, -0.2) is 0 Å². The second-order valence-electron chi connectivity index (χ2n) is 11.3. The summed E-state index contributed by atoms with van der Waals surface area (Å²) in [6.45, 7) is 12.1. The monoisotopic (exact) mass is 529 g/mol. The van der Waals surface area contributed by atoms with Gasteiger partial charge in [0.2, 0.25) is 0 Å². The number of amides is 1. The van der Waals surface area contributed by atoms with Crippen LogP contribution < -0.4 is 9.80 Å². The molecule has 0 spiro atoms. The van der Waals surface area contributed by atoms with Gasteiger partial charge in [-0.3, -0.25) is 14.5 Å². The molecule has 7 heteroatoms. The zero-order valence-corrected chi connectivity index (χ0v) is 23.5. The predicted molar refractivity (Wildman–Crippen MR) is 155 cm³/mol. The van der Waals surface area contributed by atoms with Crippen LogP contribution in [0.1, 0.15) is 48.4 Å². The van der Waals surface area contributed by atoms with Crippen molar-refractivity contribution in [2.24, 2.45) is 0 Å². The molecule has 1 N–H and O–H groups in total. The van der Waals surface area contributed by atoms with Gasteiger partial charge in [-0.05, 0) is 72.3 Å². The maximum atomic E-state index is 13.5. The first-order valence-corrected chi connectivity index (χ1v) is 13.9. The molecular weight excluding hydrogens is 494 g/mol. The van der Waals surface area contributed by atoms with Crippen molar-refractivity contribution >= 4 is 40.2 Å². The lowest BCUT2D eigenvalue weighted by Crippen LogP contribution is -2.44. The van der Waals surface area contributed by atoms with Gasteiger partial charge in [-0.2, -0.15) is 0 Å². The van der Waals surface area contributed by atoms with Gasteiger partial charge in [0.1, 0.15) is 11.8 Å². The van der Waals surface area contributed by atoms with Gasteiger partial charge in [0.15, 0.2) is 0 Å². The lowest BCUT2D eigenvalue weighted by molar-refractivity contribution is -0.132. The number of aliphatic hydroxyl groups is 1. The minimum atomic E-state index is -0.692. The van der Waals surface area contributed by atoms with E-state index >= 15 is 0 Å². The van der Waals surface area contributed by atoms with E-state index in [-0.39, 0.29) is 16.7 Å². The normalized spacial score (nSPS) is 20.4. The summed E-state index contributed by atoms with van der Waals surface area (Å²) in [6, 6.07) is 16.9. The summed E-state index contributed by atoms with van der Waals surface area (Å²) in [5.41, 5.74) is 4.22. The molecular formula is C31H35N3O3S. The fraction of sp³-hybridized carbons (Fsp3) is 0.355. The number of rotatable bonds is 4. The van der Waals surface area contributed by atoms with Crippen LogP contribution in [0.2, 0.25) is 0 Å². The fourth-order valence-electron chi connectivity index (χ4n) is 5.19. The first kappa shape index (κ1) is 26.2. The van der Waals surface area contributed by atoms with E-state index in [4.69, 9.17) is 0 Å². The fourth-order valence-corrected chi connectivity index (χ4v) is 6.02. The van der Waals surface area contributed by atoms with Crippen LogP contribution in [0.3, 0.4) is 0 Å². The third-order valence-corrected chi connectivity index (χ3v) is 8.54. The topological polar surface area (TPSA) is 64.1 Å². The van der Waals surface area contributed by atoms with Crippen LogP contribution in [0.5, 0.6) is 0 Å². The Bertz CT molecular complexity index is 1380. The van der Waals surface area contributed by atoms with E-state index in [2.05, 4.69) is 37.6 Å². The quantitative estimate of drug-likeness (QED) is 0.266. The molecule has 0 radical (unpaired) electrons. The van der Waals surface area contributed by atoms with Crippen molar-refractivity contribution in [2.45, 2.75) is 39.2 Å². The van der Waals surface area contributed by atoms with Crippen molar-refractivity contribution in [3.05, 3.63) is 87.1 Å². The van der Waals surface area contributed by atoms with E-state index in [9.17, 15) is 14.7 Å². The number of hydrogen-bond acceptors (Lipinski definition) is 6. The Morgan fingerprint density at radius 3 is 2.21 bits per heavy atom. The molecule has 0 saturated carbocycles. The molecule has 3 heterocycles. The number of aryl methyl sites for hydroxylation is 1. The first-order chi connectivity index (χ1) is 18.1. The first-order valence-electron chi connectivity index (χ1n) is 13.1. The zero-order valence-electron chi connectivity index (χ0n) is 22.7. The molecule has 1 aromatic heterocycles. The highest BCUT2D eigenvalue weighted by Gasteiger charge is 2.47. The van der Waals surface area contributed by atoms with Crippen molar-refractivity contribution in [3.63, 3.8) is 0 Å². The highest BCUT2D eigenvalue weighted by atomic mass is 32.1. The van der Waals surface area contributed by atoms with Crippen LogP contribution in [0.4, 0.5) is 11.4 Å². The number of aliphatic hydroxyl groups excluding tert-OH is 1. The number of thiophene rings is 1. The Kier molecular flexibility index (Phi) is 6.92. The molecule has 198 valence electrons. The molecule has 2 aromatic carbocycles. The van der Waals surface area contributed by atoms with Gasteiger partial charge in [-0.15, -0.1) is 11.3 Å². The minimum Gasteiger partial charge on any atom is -0.507 e. The van der Waals surface area contributed by atoms with Crippen LogP contribution in [0, 0.1) is 6.92 Å². The number of carbonyl (C=O) groups excluding carboxylic acids is 2. The predicted octanol–water partition coefficient (Wildman–Crippen LogP) is 5.73. The van der Waals surface area contributed by atoms with E-state index in [0.717, 1.165) is 47.9 Å². The second kappa shape index (κ2) is 10.0. The number of anilines is 2. The molecule has 1 unspecified atom stereocenters. The average molecular weight is 530 g/mol. The van der Waals surface area contributed by atoms with E-state index in [1.807, 2.05) is 66.9 Å². The molecule has 1 atom stereocenters. The Hall–Kier alpha value is -3.42. The Morgan fingerprint density at radius 1 is 0.947 bits per heavy atom. The third-order valence-electron chi connectivity index (χ3n) is 7.61. The van der Waals surface area contributed by atoms with Crippen molar-refractivity contribution in [1.82, 2.24) is 4.90 Å². The maximum absolute atomic E-state index is 13.5. The highest BCUT2D eigenvalue weighted by Crippen LogP contribution is 2.44. The highest BCUT2D eigenvalue weighted by molar-refractivity contribution is 7.10. The van der Waals surface area contributed by atoms with E-state index in [0.29, 0.717) is 11.3 Å². The molecule has 38 heavy (non-hydrogen) atoms. The van der Waals surface area contributed by atoms with Crippen molar-refractivity contribution in [2.75, 3.05) is 43.0 Å². The van der Waals surface area contributed by atoms with Crippen LogP contribution in [-0.4, -0.2) is 54.9 Å². The number of Topliss-reactive ketones (excluding diaryl/α,β-unsaturated/α-hetero) is 1. The van der Waals surface area contributed by atoms with Crippen LogP contribution >= 0.6 is 11.3 Å². The van der Waals surface area contributed by atoms with Gasteiger partial charge in [0, 0.05) is 48.0 Å². The second-order valence-corrected chi connectivity index (χ2v) is 12.3. The Balaban J connectivity index is 1.58. The van der Waals surface area contributed by atoms with E-state index in [1.165, 1.54) is 16.2 Å². The maximum Gasteiger partial charge on any atom is 0.300 e. The lowest BCUT2D eigenvalue weighted by Gasteiger charge is -2.34. The van der Waals surface area contributed by atoms with E-state index in [1.54, 1.807) is 0 Å². The number of benzene rings is 2. The van der Waals surface area contributed by atoms with Gasteiger partial charge in [0.25, 0.3) is 11.7 Å². The summed E-state index contributed by atoms with van der Waals surface area (Å²) in [4.78, 5) is 34.1. The number of carbonyl (C=O) groups is 2. The molecule has 0 aliphatic carbocycles.